The van der Waals surface area contributed by atoms with E-state index in [4.69, 9.17) is 0 Å². The monoisotopic (exact) mass is 299 g/mol. The molecule has 2 aliphatic rings. The molecule has 2 fully saturated rings. The lowest BCUT2D eigenvalue weighted by molar-refractivity contribution is -0.134. The summed E-state index contributed by atoms with van der Waals surface area (Å²) in [5.74, 6) is 1.58. The minimum atomic E-state index is 0.275. The van der Waals surface area contributed by atoms with Gasteiger partial charge >= 0.3 is 0 Å². The molecule has 1 saturated carbocycles. The van der Waals surface area contributed by atoms with Crippen molar-refractivity contribution in [2.75, 3.05) is 18.4 Å². The molecule has 6 nitrogen and oxygen atoms in total. The van der Waals surface area contributed by atoms with Gasteiger partial charge in [0, 0.05) is 37.3 Å². The van der Waals surface area contributed by atoms with Crippen molar-refractivity contribution >= 4 is 17.4 Å². The standard InChI is InChI=1S/C16H21N5O/c22-16(12-3-1-2-4-12)20-10-7-13(11-20)19-15-5-8-17-14-6-9-18-21(14)15/h5-6,8-9,12-13,19H,1-4,7,10-11H2. The Kier molecular flexibility index (Phi) is 3.44. The molecule has 116 valence electrons. The zero-order chi connectivity index (χ0) is 14.9. The Morgan fingerprint density at radius 3 is 2.91 bits per heavy atom. The summed E-state index contributed by atoms with van der Waals surface area (Å²) in [5.41, 5.74) is 0.835. The van der Waals surface area contributed by atoms with Gasteiger partial charge in [-0.3, -0.25) is 4.79 Å². The zero-order valence-corrected chi connectivity index (χ0v) is 12.6. The third kappa shape index (κ3) is 2.42. The number of aromatic nitrogens is 3. The number of rotatable bonds is 3. The first-order valence-electron chi connectivity index (χ1n) is 8.15. The van der Waals surface area contributed by atoms with E-state index in [0.717, 1.165) is 43.8 Å². The quantitative estimate of drug-likeness (QED) is 0.940. The molecule has 1 N–H and O–H groups in total. The van der Waals surface area contributed by atoms with Crippen LogP contribution in [0.3, 0.4) is 0 Å². The molecule has 6 heteroatoms. The van der Waals surface area contributed by atoms with Gasteiger partial charge in [0.25, 0.3) is 0 Å². The molecule has 0 spiro atoms. The molecule has 1 aliphatic heterocycles. The fraction of sp³-hybridized carbons (Fsp3) is 0.562. The van der Waals surface area contributed by atoms with E-state index in [1.807, 2.05) is 17.0 Å². The lowest BCUT2D eigenvalue weighted by atomic mass is 10.1. The number of nitrogens with zero attached hydrogens (tertiary/aromatic N) is 4. The second kappa shape index (κ2) is 5.59. The van der Waals surface area contributed by atoms with Crippen LogP contribution in [0.2, 0.25) is 0 Å². The smallest absolute Gasteiger partial charge is 0.225 e. The molecule has 3 heterocycles. The summed E-state index contributed by atoms with van der Waals surface area (Å²) in [7, 11) is 0. The number of amides is 1. The number of nitrogens with one attached hydrogen (secondary N) is 1. The Labute approximate surface area is 129 Å². The molecule has 0 aromatic carbocycles. The third-order valence-corrected chi connectivity index (χ3v) is 4.85. The van der Waals surface area contributed by atoms with Crippen molar-refractivity contribution in [2.45, 2.75) is 38.1 Å². The number of hydrogen-bond acceptors (Lipinski definition) is 4. The number of likely N-dealkylation sites (tertiary alicyclic amines) is 1. The molecule has 0 radical (unpaired) electrons. The van der Waals surface area contributed by atoms with Crippen LogP contribution < -0.4 is 5.32 Å². The van der Waals surface area contributed by atoms with Crippen LogP contribution in [0, 0.1) is 5.92 Å². The highest BCUT2D eigenvalue weighted by Gasteiger charge is 2.32. The van der Waals surface area contributed by atoms with Crippen LogP contribution in [0.4, 0.5) is 5.82 Å². The molecule has 4 rings (SSSR count). The van der Waals surface area contributed by atoms with Crippen LogP contribution in [0.1, 0.15) is 32.1 Å². The first kappa shape index (κ1) is 13.5. The summed E-state index contributed by atoms with van der Waals surface area (Å²) in [5, 5.41) is 7.80. The molecule has 1 unspecified atom stereocenters. The summed E-state index contributed by atoms with van der Waals surface area (Å²) in [6.07, 6.45) is 9.09. The maximum absolute atomic E-state index is 12.5. The van der Waals surface area contributed by atoms with Crippen LogP contribution >= 0.6 is 0 Å². The van der Waals surface area contributed by atoms with E-state index < -0.39 is 0 Å². The Balaban J connectivity index is 1.42. The Bertz CT molecular complexity index is 676. The van der Waals surface area contributed by atoms with Gasteiger partial charge in [0.1, 0.15) is 5.82 Å². The largest absolute Gasteiger partial charge is 0.365 e. The minimum Gasteiger partial charge on any atom is -0.365 e. The van der Waals surface area contributed by atoms with Gasteiger partial charge in [-0.05, 0) is 25.3 Å². The van der Waals surface area contributed by atoms with Crippen molar-refractivity contribution < 1.29 is 4.79 Å². The summed E-state index contributed by atoms with van der Waals surface area (Å²) in [4.78, 5) is 18.8. The molecule has 2 aromatic heterocycles. The van der Waals surface area contributed by atoms with Gasteiger partial charge in [-0.1, -0.05) is 12.8 Å². The van der Waals surface area contributed by atoms with E-state index >= 15 is 0 Å². The molecule has 1 atom stereocenters. The zero-order valence-electron chi connectivity index (χ0n) is 12.6. The Morgan fingerprint density at radius 2 is 2.05 bits per heavy atom. The highest BCUT2D eigenvalue weighted by atomic mass is 16.2. The van der Waals surface area contributed by atoms with Crippen LogP contribution in [0.15, 0.2) is 24.5 Å². The van der Waals surface area contributed by atoms with E-state index in [1.165, 1.54) is 12.8 Å². The molecule has 0 bridgehead atoms. The molecular weight excluding hydrogens is 278 g/mol. The van der Waals surface area contributed by atoms with Crippen LogP contribution in [-0.2, 0) is 4.79 Å². The maximum atomic E-state index is 12.5. The predicted octanol–water partition coefficient (Wildman–Crippen LogP) is 1.93. The average molecular weight is 299 g/mol. The number of anilines is 1. The topological polar surface area (TPSA) is 62.5 Å². The molecular formula is C16H21N5O. The van der Waals surface area contributed by atoms with Crippen LogP contribution in [0.5, 0.6) is 0 Å². The van der Waals surface area contributed by atoms with Gasteiger partial charge in [-0.2, -0.15) is 9.61 Å². The normalized spacial score (nSPS) is 22.5. The number of hydrogen-bond donors (Lipinski definition) is 1. The van der Waals surface area contributed by atoms with E-state index in [9.17, 15) is 4.79 Å². The van der Waals surface area contributed by atoms with Gasteiger partial charge in [0.05, 0.1) is 6.20 Å². The molecule has 1 amide bonds. The SMILES string of the molecule is O=C(C1CCCC1)N1CCC(Nc2ccnc3ccnn23)C1. The van der Waals surface area contributed by atoms with Gasteiger partial charge in [0.2, 0.25) is 5.91 Å². The van der Waals surface area contributed by atoms with Crippen LogP contribution in [-0.4, -0.2) is 44.5 Å². The average Bonchev–Trinajstić information content (AvgIpc) is 3.28. The fourth-order valence-electron chi connectivity index (χ4n) is 3.66. The maximum Gasteiger partial charge on any atom is 0.225 e. The minimum absolute atomic E-state index is 0.275. The molecule has 1 saturated heterocycles. The van der Waals surface area contributed by atoms with Crippen molar-refractivity contribution in [3.8, 4) is 0 Å². The van der Waals surface area contributed by atoms with Crippen molar-refractivity contribution in [3.63, 3.8) is 0 Å². The Morgan fingerprint density at radius 1 is 1.18 bits per heavy atom. The van der Waals surface area contributed by atoms with E-state index in [0.29, 0.717) is 11.9 Å². The van der Waals surface area contributed by atoms with Gasteiger partial charge in [-0.25, -0.2) is 4.98 Å². The molecule has 1 aliphatic carbocycles. The highest BCUT2D eigenvalue weighted by molar-refractivity contribution is 5.79. The first-order valence-corrected chi connectivity index (χ1v) is 8.15. The first-order chi connectivity index (χ1) is 10.8. The Hall–Kier alpha value is -2.11. The highest BCUT2D eigenvalue weighted by Crippen LogP contribution is 2.28. The van der Waals surface area contributed by atoms with Crippen molar-refractivity contribution in [1.29, 1.82) is 0 Å². The summed E-state index contributed by atoms with van der Waals surface area (Å²) in [6, 6.07) is 4.11. The van der Waals surface area contributed by atoms with Gasteiger partial charge in [0.15, 0.2) is 5.65 Å². The number of carbonyl (C=O) groups excluding carboxylic acids is 1. The van der Waals surface area contributed by atoms with Gasteiger partial charge < -0.3 is 10.2 Å². The van der Waals surface area contributed by atoms with E-state index in [-0.39, 0.29) is 5.92 Å². The number of carbonyl (C=O) groups is 1. The summed E-state index contributed by atoms with van der Waals surface area (Å²) < 4.78 is 1.81. The molecule has 22 heavy (non-hydrogen) atoms. The summed E-state index contributed by atoms with van der Waals surface area (Å²) in [6.45, 7) is 1.65. The lowest BCUT2D eigenvalue weighted by Crippen LogP contribution is -2.35. The fourth-order valence-corrected chi connectivity index (χ4v) is 3.66. The second-order valence-electron chi connectivity index (χ2n) is 6.33. The van der Waals surface area contributed by atoms with E-state index in [1.54, 1.807) is 16.9 Å². The van der Waals surface area contributed by atoms with Crippen molar-refractivity contribution in [2.24, 2.45) is 5.92 Å². The second-order valence-corrected chi connectivity index (χ2v) is 6.33. The summed E-state index contributed by atoms with van der Waals surface area (Å²) >= 11 is 0. The van der Waals surface area contributed by atoms with Crippen molar-refractivity contribution in [3.05, 3.63) is 24.5 Å². The molecule has 2 aromatic rings. The predicted molar refractivity (Wildman–Crippen MR) is 83.6 cm³/mol. The van der Waals surface area contributed by atoms with E-state index in [2.05, 4.69) is 15.4 Å². The van der Waals surface area contributed by atoms with Crippen LogP contribution in [0.25, 0.3) is 5.65 Å². The lowest BCUT2D eigenvalue weighted by Gasteiger charge is -2.21. The third-order valence-electron chi connectivity index (χ3n) is 4.85. The van der Waals surface area contributed by atoms with Gasteiger partial charge in [-0.15, -0.1) is 0 Å². The van der Waals surface area contributed by atoms with Crippen molar-refractivity contribution in [1.82, 2.24) is 19.5 Å². The number of fused-ring (bicyclic) bond motifs is 1.